The van der Waals surface area contributed by atoms with Gasteiger partial charge in [0.1, 0.15) is 5.75 Å². The predicted octanol–water partition coefficient (Wildman–Crippen LogP) is 1.98. The van der Waals surface area contributed by atoms with E-state index in [1.165, 1.54) is 0 Å². The van der Waals surface area contributed by atoms with Crippen LogP contribution in [0.5, 0.6) is 5.75 Å². The lowest BCUT2D eigenvalue weighted by Crippen LogP contribution is -2.41. The largest absolute Gasteiger partial charge is 0.508 e. The van der Waals surface area contributed by atoms with E-state index in [0.717, 1.165) is 12.1 Å². The molecule has 1 aliphatic rings. The molecule has 10 heteroatoms. The van der Waals surface area contributed by atoms with E-state index in [9.17, 15) is 26.7 Å². The highest BCUT2D eigenvalue weighted by molar-refractivity contribution is 7.92. The number of rotatable bonds is 2. The normalized spacial score (nSPS) is 20.7. The zero-order valence-electron chi connectivity index (χ0n) is 12.9. The van der Waals surface area contributed by atoms with Gasteiger partial charge in [-0.15, -0.1) is 0 Å². The minimum absolute atomic E-state index is 0.172. The highest BCUT2D eigenvalue weighted by Gasteiger charge is 2.53. The molecular formula is C13H16BF3O5S. The molecule has 0 atom stereocenters. The van der Waals surface area contributed by atoms with Crippen LogP contribution in [0.2, 0.25) is 0 Å². The molecule has 1 heterocycles. The van der Waals surface area contributed by atoms with E-state index in [4.69, 9.17) is 9.31 Å². The van der Waals surface area contributed by atoms with Crippen LogP contribution in [0.15, 0.2) is 23.1 Å². The Balaban J connectivity index is 2.49. The molecule has 1 saturated heterocycles. The third-order valence-corrected chi connectivity index (χ3v) is 5.61. The van der Waals surface area contributed by atoms with Crippen molar-refractivity contribution in [3.8, 4) is 5.75 Å². The monoisotopic (exact) mass is 352 g/mol. The number of phenolic OH excluding ortho intramolecular Hbond substituents is 1. The average molecular weight is 352 g/mol. The Morgan fingerprint density at radius 2 is 1.57 bits per heavy atom. The third kappa shape index (κ3) is 2.95. The fraction of sp³-hybridized carbons (Fsp3) is 0.538. The van der Waals surface area contributed by atoms with E-state index in [-0.39, 0.29) is 5.46 Å². The first-order valence-corrected chi connectivity index (χ1v) is 8.17. The molecule has 0 saturated carbocycles. The van der Waals surface area contributed by atoms with Gasteiger partial charge in [-0.3, -0.25) is 0 Å². The number of aromatic hydroxyl groups is 1. The van der Waals surface area contributed by atoms with Crippen molar-refractivity contribution in [1.82, 2.24) is 0 Å². The molecule has 1 aromatic rings. The molecule has 0 aliphatic carbocycles. The Bertz CT molecular complexity index is 712. The van der Waals surface area contributed by atoms with Crippen LogP contribution in [0.3, 0.4) is 0 Å². The first kappa shape index (κ1) is 18.1. The van der Waals surface area contributed by atoms with Gasteiger partial charge in [-0.25, -0.2) is 8.42 Å². The van der Waals surface area contributed by atoms with Gasteiger partial charge in [0.15, 0.2) is 0 Å². The van der Waals surface area contributed by atoms with Crippen molar-refractivity contribution in [2.24, 2.45) is 0 Å². The van der Waals surface area contributed by atoms with Crippen molar-refractivity contribution in [1.29, 1.82) is 0 Å². The minimum atomic E-state index is -5.52. The van der Waals surface area contributed by atoms with Crippen molar-refractivity contribution in [2.75, 3.05) is 0 Å². The highest BCUT2D eigenvalue weighted by Crippen LogP contribution is 2.38. The molecular weight excluding hydrogens is 336 g/mol. The summed E-state index contributed by atoms with van der Waals surface area (Å²) in [6.45, 7) is 6.89. The molecule has 0 amide bonds. The molecule has 1 aromatic carbocycles. The van der Waals surface area contributed by atoms with Crippen molar-refractivity contribution in [3.05, 3.63) is 18.2 Å². The molecule has 23 heavy (non-hydrogen) atoms. The number of hydrogen-bond donors (Lipinski definition) is 1. The number of sulfone groups is 1. The molecule has 0 bridgehead atoms. The number of alkyl halides is 3. The Kier molecular flexibility index (Phi) is 4.03. The summed E-state index contributed by atoms with van der Waals surface area (Å²) in [6, 6.07) is 2.28. The Morgan fingerprint density at radius 1 is 1.09 bits per heavy atom. The van der Waals surface area contributed by atoms with Gasteiger partial charge >= 0.3 is 12.6 Å². The zero-order valence-corrected chi connectivity index (χ0v) is 13.7. The number of hydrogen-bond acceptors (Lipinski definition) is 5. The summed E-state index contributed by atoms with van der Waals surface area (Å²) in [5, 5.41) is 9.87. The van der Waals surface area contributed by atoms with E-state index in [0.29, 0.717) is 6.07 Å². The van der Waals surface area contributed by atoms with Gasteiger partial charge in [0.2, 0.25) is 0 Å². The van der Waals surface area contributed by atoms with E-state index >= 15 is 0 Å². The summed E-state index contributed by atoms with van der Waals surface area (Å²) < 4.78 is 72.2. The Morgan fingerprint density at radius 3 is 2.00 bits per heavy atom. The maximum absolute atomic E-state index is 12.7. The third-order valence-electron chi connectivity index (χ3n) is 4.12. The standard InChI is InChI=1S/C13H16BF3O5S/c1-11(2)12(3,4)22-14(21-11)9-7-8(5-6-10(9)18)23(19,20)13(15,16)17/h5-7,18H,1-4H3. The summed E-state index contributed by atoms with van der Waals surface area (Å²) in [4.78, 5) is -0.979. The first-order valence-electron chi connectivity index (χ1n) is 6.69. The van der Waals surface area contributed by atoms with Crippen molar-refractivity contribution in [3.63, 3.8) is 0 Å². The van der Waals surface area contributed by atoms with Crippen LogP contribution in [0.4, 0.5) is 13.2 Å². The van der Waals surface area contributed by atoms with Gasteiger partial charge in [-0.2, -0.15) is 13.2 Å². The summed E-state index contributed by atoms with van der Waals surface area (Å²) in [5.41, 5.74) is -7.18. The minimum Gasteiger partial charge on any atom is -0.508 e. The molecule has 0 spiro atoms. The van der Waals surface area contributed by atoms with Crippen molar-refractivity contribution >= 4 is 22.4 Å². The molecule has 0 radical (unpaired) electrons. The lowest BCUT2D eigenvalue weighted by Gasteiger charge is -2.32. The number of benzene rings is 1. The quantitative estimate of drug-likeness (QED) is 0.825. The van der Waals surface area contributed by atoms with Crippen LogP contribution in [-0.4, -0.2) is 37.4 Å². The fourth-order valence-electron chi connectivity index (χ4n) is 1.99. The van der Waals surface area contributed by atoms with E-state index < -0.39 is 44.3 Å². The maximum Gasteiger partial charge on any atom is 0.501 e. The van der Waals surface area contributed by atoms with E-state index in [1.807, 2.05) is 0 Å². The topological polar surface area (TPSA) is 72.8 Å². The van der Waals surface area contributed by atoms with Gasteiger partial charge in [-0.1, -0.05) is 0 Å². The molecule has 128 valence electrons. The van der Waals surface area contributed by atoms with Crippen LogP contribution < -0.4 is 5.46 Å². The van der Waals surface area contributed by atoms with Gasteiger partial charge < -0.3 is 14.4 Å². The summed E-state index contributed by atoms with van der Waals surface area (Å²) in [7, 11) is -6.70. The zero-order chi connectivity index (χ0) is 17.8. The van der Waals surface area contributed by atoms with Crippen LogP contribution in [0.25, 0.3) is 0 Å². The van der Waals surface area contributed by atoms with Crippen LogP contribution in [0.1, 0.15) is 27.7 Å². The second kappa shape index (κ2) is 5.12. The summed E-state index contributed by atoms with van der Waals surface area (Å²) in [5.74, 6) is -0.412. The Labute approximate surface area is 132 Å². The molecule has 0 aromatic heterocycles. The number of halogens is 3. The van der Waals surface area contributed by atoms with Crippen LogP contribution in [0, 0.1) is 0 Å². The highest BCUT2D eigenvalue weighted by atomic mass is 32.2. The SMILES string of the molecule is CC1(C)OB(c2cc(S(=O)(=O)C(F)(F)F)ccc2O)OC1(C)C. The molecule has 1 aliphatic heterocycles. The number of phenols is 1. The fourth-order valence-corrected chi connectivity index (χ4v) is 2.79. The average Bonchev–Trinajstić information content (AvgIpc) is 2.57. The van der Waals surface area contributed by atoms with Crippen molar-refractivity contribution in [2.45, 2.75) is 49.3 Å². The van der Waals surface area contributed by atoms with E-state index in [2.05, 4.69) is 0 Å². The maximum atomic E-state index is 12.7. The lowest BCUT2D eigenvalue weighted by molar-refractivity contribution is -0.0436. The van der Waals surface area contributed by atoms with Crippen LogP contribution in [-0.2, 0) is 19.1 Å². The predicted molar refractivity (Wildman–Crippen MR) is 77.1 cm³/mol. The molecule has 2 rings (SSSR count). The van der Waals surface area contributed by atoms with Crippen LogP contribution >= 0.6 is 0 Å². The second-order valence-electron chi connectivity index (χ2n) is 6.26. The first-order chi connectivity index (χ1) is 10.2. The molecule has 1 N–H and O–H groups in total. The van der Waals surface area contributed by atoms with Gasteiger partial charge in [-0.05, 0) is 45.9 Å². The van der Waals surface area contributed by atoms with Gasteiger partial charge in [0.05, 0.1) is 16.1 Å². The second-order valence-corrected chi connectivity index (χ2v) is 8.20. The van der Waals surface area contributed by atoms with Gasteiger partial charge in [0, 0.05) is 5.46 Å². The van der Waals surface area contributed by atoms with Crippen molar-refractivity contribution < 1.29 is 36.0 Å². The molecule has 0 unspecified atom stereocenters. The summed E-state index contributed by atoms with van der Waals surface area (Å²) >= 11 is 0. The molecule has 1 fully saturated rings. The summed E-state index contributed by atoms with van der Waals surface area (Å²) in [6.07, 6.45) is 0. The lowest BCUT2D eigenvalue weighted by atomic mass is 9.78. The smallest absolute Gasteiger partial charge is 0.501 e. The molecule has 5 nitrogen and oxygen atoms in total. The van der Waals surface area contributed by atoms with Gasteiger partial charge in [0.25, 0.3) is 9.84 Å². The Hall–Kier alpha value is -1.26. The van der Waals surface area contributed by atoms with E-state index in [1.54, 1.807) is 27.7 Å².